The number of thiophene rings is 1. The van der Waals surface area contributed by atoms with Crippen LogP contribution in [0, 0.1) is 0 Å². The van der Waals surface area contributed by atoms with Gasteiger partial charge < -0.3 is 15.3 Å². The number of hydrogen-bond donors (Lipinski definition) is 2. The van der Waals surface area contributed by atoms with Crippen molar-refractivity contribution in [3.63, 3.8) is 0 Å². The van der Waals surface area contributed by atoms with E-state index in [-0.39, 0.29) is 6.03 Å². The molecule has 5 nitrogen and oxygen atoms in total. The third kappa shape index (κ3) is 2.12. The van der Waals surface area contributed by atoms with E-state index in [9.17, 15) is 14.7 Å². The van der Waals surface area contributed by atoms with E-state index in [1.807, 2.05) is 10.8 Å². The molecule has 0 saturated carbocycles. The molecule has 2 rings (SSSR count). The summed E-state index contributed by atoms with van der Waals surface area (Å²) < 4.78 is 0. The van der Waals surface area contributed by atoms with Gasteiger partial charge in [0.25, 0.3) is 0 Å². The summed E-state index contributed by atoms with van der Waals surface area (Å²) in [5.74, 6) is -0.949. The Kier molecular flexibility index (Phi) is 3.06. The largest absolute Gasteiger partial charge is 0.480 e. The van der Waals surface area contributed by atoms with E-state index >= 15 is 0 Å². The molecule has 1 unspecified atom stereocenters. The van der Waals surface area contributed by atoms with Gasteiger partial charge >= 0.3 is 12.0 Å². The number of hydrogen-bond acceptors (Lipinski definition) is 3. The number of rotatable bonds is 2. The smallest absolute Gasteiger partial charge is 0.329 e. The van der Waals surface area contributed by atoms with Crippen molar-refractivity contribution in [1.82, 2.24) is 4.90 Å². The molecule has 0 aliphatic carbocycles. The molecule has 1 fully saturated rings. The van der Waals surface area contributed by atoms with Crippen molar-refractivity contribution in [2.45, 2.75) is 25.3 Å². The van der Waals surface area contributed by atoms with Crippen LogP contribution in [0.5, 0.6) is 0 Å². The van der Waals surface area contributed by atoms with Gasteiger partial charge in [-0.3, -0.25) is 0 Å². The molecule has 17 heavy (non-hydrogen) atoms. The Balaban J connectivity index is 2.11. The first-order chi connectivity index (χ1) is 8.04. The quantitative estimate of drug-likeness (QED) is 0.850. The minimum absolute atomic E-state index is 0.342. The molecular weight excluding hydrogens is 240 g/mol. The molecule has 0 bridgehead atoms. The molecule has 1 aromatic rings. The number of aliphatic carboxylic acids is 1. The zero-order valence-corrected chi connectivity index (χ0v) is 10.3. The van der Waals surface area contributed by atoms with Gasteiger partial charge in [-0.15, -0.1) is 0 Å². The number of carbonyl (C=O) groups excluding carboxylic acids is 1. The van der Waals surface area contributed by atoms with Crippen molar-refractivity contribution in [3.05, 3.63) is 16.8 Å². The van der Waals surface area contributed by atoms with Crippen LogP contribution < -0.4 is 5.32 Å². The zero-order valence-electron chi connectivity index (χ0n) is 9.47. The van der Waals surface area contributed by atoms with Crippen molar-refractivity contribution in [1.29, 1.82) is 0 Å². The predicted octanol–water partition coefficient (Wildman–Crippen LogP) is 2.22. The van der Waals surface area contributed by atoms with Crippen molar-refractivity contribution in [3.8, 4) is 0 Å². The minimum Gasteiger partial charge on any atom is -0.480 e. The van der Waals surface area contributed by atoms with Crippen molar-refractivity contribution in [2.24, 2.45) is 0 Å². The maximum Gasteiger partial charge on any atom is 0.329 e. The average molecular weight is 254 g/mol. The summed E-state index contributed by atoms with van der Waals surface area (Å²) in [6, 6.07) is 1.45. The second-order valence-electron chi connectivity index (χ2n) is 4.28. The Morgan fingerprint density at radius 1 is 1.59 bits per heavy atom. The van der Waals surface area contributed by atoms with Gasteiger partial charge in [-0.2, -0.15) is 11.3 Å². The molecule has 1 aromatic heterocycles. The molecule has 2 N–H and O–H groups in total. The molecule has 2 heterocycles. The van der Waals surface area contributed by atoms with Gasteiger partial charge in [0.05, 0.1) is 5.69 Å². The molecule has 1 saturated heterocycles. The molecule has 0 radical (unpaired) electrons. The Hall–Kier alpha value is -1.56. The molecule has 6 heteroatoms. The number of anilines is 1. The zero-order chi connectivity index (χ0) is 12.5. The van der Waals surface area contributed by atoms with Crippen LogP contribution in [-0.4, -0.2) is 34.1 Å². The van der Waals surface area contributed by atoms with Crippen LogP contribution in [0.1, 0.15) is 19.8 Å². The van der Waals surface area contributed by atoms with E-state index in [1.165, 1.54) is 16.2 Å². The summed E-state index contributed by atoms with van der Waals surface area (Å²) in [6.07, 6.45) is 1.22. The Morgan fingerprint density at radius 3 is 2.94 bits per heavy atom. The number of urea groups is 1. The second-order valence-corrected chi connectivity index (χ2v) is 5.06. The predicted molar refractivity (Wildman–Crippen MR) is 65.3 cm³/mol. The Labute approximate surface area is 103 Å². The van der Waals surface area contributed by atoms with Crippen molar-refractivity contribution >= 4 is 29.0 Å². The molecule has 2 amide bonds. The molecule has 1 atom stereocenters. The maximum atomic E-state index is 12.0. The first-order valence-corrected chi connectivity index (χ1v) is 6.32. The summed E-state index contributed by atoms with van der Waals surface area (Å²) in [6.45, 7) is 2.08. The fraction of sp³-hybridized carbons (Fsp3) is 0.455. The Bertz CT molecular complexity index is 432. The van der Waals surface area contributed by atoms with Crippen LogP contribution >= 0.6 is 11.3 Å². The molecular formula is C11H14N2O3S. The first kappa shape index (κ1) is 11.9. The van der Waals surface area contributed by atoms with Crippen LogP contribution in [-0.2, 0) is 4.79 Å². The third-order valence-electron chi connectivity index (χ3n) is 3.12. The van der Waals surface area contributed by atoms with Crippen LogP contribution in [0.4, 0.5) is 10.5 Å². The topological polar surface area (TPSA) is 69.6 Å². The van der Waals surface area contributed by atoms with E-state index < -0.39 is 11.5 Å². The van der Waals surface area contributed by atoms with Gasteiger partial charge in [0.1, 0.15) is 5.54 Å². The number of amides is 2. The highest BCUT2D eigenvalue weighted by molar-refractivity contribution is 7.08. The molecule has 1 aliphatic rings. The van der Waals surface area contributed by atoms with Crippen molar-refractivity contribution in [2.75, 3.05) is 11.9 Å². The maximum absolute atomic E-state index is 12.0. The van der Waals surface area contributed by atoms with Gasteiger partial charge in [-0.25, -0.2) is 9.59 Å². The van der Waals surface area contributed by atoms with Gasteiger partial charge in [0, 0.05) is 11.9 Å². The summed E-state index contributed by atoms with van der Waals surface area (Å²) in [7, 11) is 0. The molecule has 0 spiro atoms. The number of carboxylic acids is 1. The molecule has 1 aliphatic heterocycles. The summed E-state index contributed by atoms with van der Waals surface area (Å²) in [4.78, 5) is 24.6. The van der Waals surface area contributed by atoms with Crippen LogP contribution in [0.3, 0.4) is 0 Å². The summed E-state index contributed by atoms with van der Waals surface area (Å²) >= 11 is 1.48. The lowest BCUT2D eigenvalue weighted by molar-refractivity contribution is -0.146. The third-order valence-corrected chi connectivity index (χ3v) is 3.80. The van der Waals surface area contributed by atoms with E-state index in [0.717, 1.165) is 6.42 Å². The SMILES string of the molecule is CC1(C(=O)O)CCCN1C(=O)Nc1ccsc1. The summed E-state index contributed by atoms with van der Waals surface area (Å²) in [5, 5.41) is 15.6. The van der Waals surface area contributed by atoms with Gasteiger partial charge in [0.2, 0.25) is 0 Å². The number of carboxylic acid groups (broad SMARTS) is 1. The fourth-order valence-electron chi connectivity index (χ4n) is 2.04. The highest BCUT2D eigenvalue weighted by Crippen LogP contribution is 2.30. The van der Waals surface area contributed by atoms with Crippen molar-refractivity contribution < 1.29 is 14.7 Å². The van der Waals surface area contributed by atoms with Crippen LogP contribution in [0.15, 0.2) is 16.8 Å². The number of carbonyl (C=O) groups is 2. The second kappa shape index (κ2) is 4.37. The minimum atomic E-state index is -1.08. The fourth-order valence-corrected chi connectivity index (χ4v) is 2.63. The molecule has 92 valence electrons. The highest BCUT2D eigenvalue weighted by atomic mass is 32.1. The number of nitrogens with one attached hydrogen (secondary N) is 1. The van der Waals surface area contributed by atoms with Gasteiger partial charge in [0.15, 0.2) is 0 Å². The van der Waals surface area contributed by atoms with Crippen LogP contribution in [0.25, 0.3) is 0 Å². The lowest BCUT2D eigenvalue weighted by Crippen LogP contribution is -2.52. The molecule has 0 aromatic carbocycles. The standard InChI is InChI=1S/C11H14N2O3S/c1-11(9(14)15)4-2-5-13(11)10(16)12-8-3-6-17-7-8/h3,6-7H,2,4-5H2,1H3,(H,12,16)(H,14,15). The number of nitrogens with zero attached hydrogens (tertiary/aromatic N) is 1. The monoisotopic (exact) mass is 254 g/mol. The van der Waals surface area contributed by atoms with E-state index in [0.29, 0.717) is 18.7 Å². The van der Waals surface area contributed by atoms with E-state index in [2.05, 4.69) is 5.32 Å². The van der Waals surface area contributed by atoms with Crippen LogP contribution in [0.2, 0.25) is 0 Å². The normalized spacial score (nSPS) is 23.7. The average Bonchev–Trinajstić information content (AvgIpc) is 2.87. The Morgan fingerprint density at radius 2 is 2.35 bits per heavy atom. The highest BCUT2D eigenvalue weighted by Gasteiger charge is 2.45. The van der Waals surface area contributed by atoms with E-state index in [4.69, 9.17) is 0 Å². The van der Waals surface area contributed by atoms with Gasteiger partial charge in [-0.05, 0) is 31.2 Å². The number of likely N-dealkylation sites (tertiary alicyclic amines) is 1. The van der Waals surface area contributed by atoms with E-state index in [1.54, 1.807) is 13.0 Å². The lowest BCUT2D eigenvalue weighted by atomic mass is 10.00. The summed E-state index contributed by atoms with van der Waals surface area (Å²) in [5.41, 5.74) is -0.375. The lowest BCUT2D eigenvalue weighted by Gasteiger charge is -2.30. The first-order valence-electron chi connectivity index (χ1n) is 5.38. The van der Waals surface area contributed by atoms with Gasteiger partial charge in [-0.1, -0.05) is 0 Å².